The maximum Gasteiger partial charge on any atom is 0.209 e. The molecule has 0 aromatic rings. The zero-order valence-electron chi connectivity index (χ0n) is 12.6. The maximum absolute atomic E-state index is 11.5. The number of sulfonamides is 1. The highest BCUT2D eigenvalue weighted by atomic mass is 32.2. The van der Waals surface area contributed by atoms with Crippen molar-refractivity contribution in [3.05, 3.63) is 0 Å². The molecule has 2 saturated carbocycles. The molecule has 0 aromatic heterocycles. The number of hydrogen-bond donors (Lipinski definition) is 1. The predicted octanol–water partition coefficient (Wildman–Crippen LogP) is 2.82. The molecule has 0 amide bonds. The maximum atomic E-state index is 11.5. The molecule has 0 aliphatic heterocycles. The van der Waals surface area contributed by atoms with Crippen LogP contribution in [-0.4, -0.2) is 26.9 Å². The lowest BCUT2D eigenvalue weighted by Gasteiger charge is -2.38. The zero-order valence-corrected chi connectivity index (χ0v) is 13.5. The van der Waals surface area contributed by atoms with Crippen molar-refractivity contribution < 1.29 is 13.2 Å². The second kappa shape index (κ2) is 6.75. The molecule has 2 aliphatic rings. The summed E-state index contributed by atoms with van der Waals surface area (Å²) in [6.45, 7) is 2.86. The van der Waals surface area contributed by atoms with Crippen molar-refractivity contribution in [1.29, 1.82) is 0 Å². The van der Waals surface area contributed by atoms with Crippen LogP contribution in [0.1, 0.15) is 64.7 Å². The van der Waals surface area contributed by atoms with Crippen molar-refractivity contribution in [2.24, 2.45) is 16.5 Å². The van der Waals surface area contributed by atoms with Crippen LogP contribution >= 0.6 is 0 Å². The fourth-order valence-electron chi connectivity index (χ4n) is 3.75. The first-order valence-electron chi connectivity index (χ1n) is 8.01. The SMILES string of the molecule is CC1CCC(OCC2(CS(N)(=O)=O)CCCCC2)CC1. The van der Waals surface area contributed by atoms with Crippen molar-refractivity contribution in [3.63, 3.8) is 0 Å². The van der Waals surface area contributed by atoms with Crippen molar-refractivity contribution in [1.82, 2.24) is 0 Å². The van der Waals surface area contributed by atoms with E-state index in [1.807, 2.05) is 0 Å². The van der Waals surface area contributed by atoms with Crippen LogP contribution in [0.5, 0.6) is 0 Å². The summed E-state index contributed by atoms with van der Waals surface area (Å²) >= 11 is 0. The number of hydrogen-bond acceptors (Lipinski definition) is 3. The van der Waals surface area contributed by atoms with E-state index in [4.69, 9.17) is 9.88 Å². The van der Waals surface area contributed by atoms with E-state index in [1.165, 1.54) is 19.3 Å². The highest BCUT2D eigenvalue weighted by molar-refractivity contribution is 7.89. The van der Waals surface area contributed by atoms with Crippen LogP contribution in [0, 0.1) is 11.3 Å². The number of nitrogens with two attached hydrogens (primary N) is 1. The summed E-state index contributed by atoms with van der Waals surface area (Å²) in [5.74, 6) is 0.895. The molecule has 20 heavy (non-hydrogen) atoms. The minimum Gasteiger partial charge on any atom is -0.378 e. The lowest BCUT2D eigenvalue weighted by atomic mass is 9.76. The van der Waals surface area contributed by atoms with Gasteiger partial charge in [-0.05, 0) is 44.4 Å². The van der Waals surface area contributed by atoms with Gasteiger partial charge in [0.25, 0.3) is 0 Å². The van der Waals surface area contributed by atoms with E-state index in [-0.39, 0.29) is 11.2 Å². The Labute approximate surface area is 123 Å². The molecule has 4 nitrogen and oxygen atoms in total. The lowest BCUT2D eigenvalue weighted by Crippen LogP contribution is -2.40. The Morgan fingerprint density at radius 3 is 2.25 bits per heavy atom. The number of primary sulfonamides is 1. The minimum absolute atomic E-state index is 0.0864. The number of ether oxygens (including phenoxy) is 1. The average molecular weight is 303 g/mol. The van der Waals surface area contributed by atoms with E-state index >= 15 is 0 Å². The molecule has 0 atom stereocenters. The predicted molar refractivity (Wildman–Crippen MR) is 80.9 cm³/mol. The molecule has 0 radical (unpaired) electrons. The van der Waals surface area contributed by atoms with Crippen LogP contribution in [0.3, 0.4) is 0 Å². The van der Waals surface area contributed by atoms with Gasteiger partial charge in [-0.15, -0.1) is 0 Å². The van der Waals surface area contributed by atoms with Gasteiger partial charge in [0.15, 0.2) is 0 Å². The first kappa shape index (κ1) is 16.2. The summed E-state index contributed by atoms with van der Waals surface area (Å²) in [5.41, 5.74) is -0.227. The van der Waals surface area contributed by atoms with Crippen LogP contribution in [-0.2, 0) is 14.8 Å². The number of rotatable bonds is 5. The Kier molecular flexibility index (Phi) is 5.49. The fraction of sp³-hybridized carbons (Fsp3) is 1.00. The lowest BCUT2D eigenvalue weighted by molar-refractivity contribution is -0.0353. The second-order valence-corrected chi connectivity index (χ2v) is 8.68. The van der Waals surface area contributed by atoms with E-state index in [1.54, 1.807) is 0 Å². The fourth-order valence-corrected chi connectivity index (χ4v) is 4.98. The van der Waals surface area contributed by atoms with Crippen LogP contribution in [0.25, 0.3) is 0 Å². The van der Waals surface area contributed by atoms with Gasteiger partial charge in [-0.3, -0.25) is 0 Å². The van der Waals surface area contributed by atoms with Crippen LogP contribution < -0.4 is 5.14 Å². The molecule has 0 saturated heterocycles. The van der Waals surface area contributed by atoms with E-state index in [0.717, 1.165) is 44.4 Å². The third kappa shape index (κ3) is 5.01. The van der Waals surface area contributed by atoms with E-state index in [0.29, 0.717) is 12.7 Å². The largest absolute Gasteiger partial charge is 0.378 e. The van der Waals surface area contributed by atoms with Crippen molar-refractivity contribution in [2.75, 3.05) is 12.4 Å². The van der Waals surface area contributed by atoms with Gasteiger partial charge in [0.2, 0.25) is 10.0 Å². The normalized spacial score (nSPS) is 31.1. The van der Waals surface area contributed by atoms with E-state index in [9.17, 15) is 8.42 Å². The Morgan fingerprint density at radius 2 is 1.70 bits per heavy atom. The van der Waals surface area contributed by atoms with Gasteiger partial charge in [-0.1, -0.05) is 26.2 Å². The molecule has 2 N–H and O–H groups in total. The topological polar surface area (TPSA) is 69.4 Å². The van der Waals surface area contributed by atoms with Crippen LogP contribution in [0.2, 0.25) is 0 Å². The van der Waals surface area contributed by atoms with Gasteiger partial charge in [0.1, 0.15) is 0 Å². The molecule has 0 heterocycles. The molecule has 0 bridgehead atoms. The summed E-state index contributed by atoms with van der Waals surface area (Å²) in [5, 5.41) is 5.30. The van der Waals surface area contributed by atoms with Gasteiger partial charge in [0.05, 0.1) is 18.5 Å². The molecule has 0 aromatic carbocycles. The molecule has 0 spiro atoms. The summed E-state index contributed by atoms with van der Waals surface area (Å²) < 4.78 is 29.1. The highest BCUT2D eigenvalue weighted by Crippen LogP contribution is 2.38. The highest BCUT2D eigenvalue weighted by Gasteiger charge is 2.37. The van der Waals surface area contributed by atoms with Crippen LogP contribution in [0.15, 0.2) is 0 Å². The summed E-state index contributed by atoms with van der Waals surface area (Å²) in [6.07, 6.45) is 10.3. The molecule has 2 rings (SSSR count). The average Bonchev–Trinajstić information content (AvgIpc) is 2.37. The quantitative estimate of drug-likeness (QED) is 0.849. The van der Waals surface area contributed by atoms with Crippen molar-refractivity contribution in [2.45, 2.75) is 70.8 Å². The Morgan fingerprint density at radius 1 is 1.10 bits per heavy atom. The first-order chi connectivity index (χ1) is 9.39. The second-order valence-electron chi connectivity index (χ2n) is 7.06. The molecular formula is C15H29NO3S. The monoisotopic (exact) mass is 303 g/mol. The van der Waals surface area contributed by atoms with Crippen molar-refractivity contribution >= 4 is 10.0 Å². The minimum atomic E-state index is -3.42. The summed E-state index contributed by atoms with van der Waals surface area (Å²) in [6, 6.07) is 0. The molecule has 2 aliphatic carbocycles. The Balaban J connectivity index is 1.90. The zero-order chi connectivity index (χ0) is 14.6. The first-order valence-corrected chi connectivity index (χ1v) is 9.72. The Bertz CT molecular complexity index is 393. The van der Waals surface area contributed by atoms with Gasteiger partial charge >= 0.3 is 0 Å². The summed E-state index contributed by atoms with van der Waals surface area (Å²) in [7, 11) is -3.42. The smallest absolute Gasteiger partial charge is 0.209 e. The standard InChI is InChI=1S/C15H29NO3S/c1-13-5-7-14(8-6-13)19-11-15(12-20(16,17)18)9-3-2-4-10-15/h13-14H,2-12H2,1H3,(H2,16,17,18). The molecule has 5 heteroatoms. The molecule has 2 fully saturated rings. The van der Waals surface area contributed by atoms with Gasteiger partial charge < -0.3 is 4.74 Å². The molecule has 0 unspecified atom stereocenters. The Hall–Kier alpha value is -0.130. The van der Waals surface area contributed by atoms with Gasteiger partial charge in [-0.2, -0.15) is 0 Å². The summed E-state index contributed by atoms with van der Waals surface area (Å²) in [4.78, 5) is 0. The van der Waals surface area contributed by atoms with Crippen molar-refractivity contribution in [3.8, 4) is 0 Å². The molecule has 118 valence electrons. The van der Waals surface area contributed by atoms with Gasteiger partial charge in [-0.25, -0.2) is 13.6 Å². The molecular weight excluding hydrogens is 274 g/mol. The third-order valence-electron chi connectivity index (χ3n) is 5.01. The van der Waals surface area contributed by atoms with E-state index < -0.39 is 10.0 Å². The van der Waals surface area contributed by atoms with Crippen LogP contribution in [0.4, 0.5) is 0 Å². The third-order valence-corrected chi connectivity index (χ3v) is 6.02. The van der Waals surface area contributed by atoms with Gasteiger partial charge in [0, 0.05) is 5.41 Å². The van der Waals surface area contributed by atoms with E-state index in [2.05, 4.69) is 6.92 Å².